The Balaban J connectivity index is 1.52. The van der Waals surface area contributed by atoms with Gasteiger partial charge in [-0.25, -0.2) is 0 Å². The molecule has 17 heteroatoms. The van der Waals surface area contributed by atoms with E-state index < -0.39 is 85.6 Å². The largest absolute Gasteiger partial charge is 0.512 e. The van der Waals surface area contributed by atoms with Crippen LogP contribution in [0.1, 0.15) is 38.5 Å². The number of amides is 1. The first kappa shape index (κ1) is 34.2. The van der Waals surface area contributed by atoms with Crippen LogP contribution in [0.5, 0.6) is 0 Å². The standard InChI is InChI=1S/C26H47N5O12/c27-8-11-3-1-5-17(39-11)41-21-13(30)7-14(31-24(37)19(35)15(33)9-28)18(34)23(21)43-26-20(36)22(16(10-32)40-26)42-25-12(29)4-2-6-38-25/h10-15,17-23,25-26,32-36H,1-9,27-30H2,(H,31,37)/b16-10-/t11-,12+,13?,14+,15+,17+,18-,19+,20+,21+,22+,23+,25+,26-/m0/s1. The van der Waals surface area contributed by atoms with Gasteiger partial charge in [-0.1, -0.05) is 0 Å². The van der Waals surface area contributed by atoms with Gasteiger partial charge in [0.15, 0.2) is 30.5 Å². The topological polar surface area (TPSA) is 290 Å². The highest BCUT2D eigenvalue weighted by molar-refractivity contribution is 5.81. The van der Waals surface area contributed by atoms with Gasteiger partial charge in [-0.3, -0.25) is 4.79 Å². The highest BCUT2D eigenvalue weighted by atomic mass is 16.8. The molecule has 0 aromatic carbocycles. The van der Waals surface area contributed by atoms with Crippen LogP contribution < -0.4 is 28.3 Å². The molecule has 248 valence electrons. The lowest BCUT2D eigenvalue weighted by molar-refractivity contribution is -0.281. The quantitative estimate of drug-likeness (QED) is 0.0979. The summed E-state index contributed by atoms with van der Waals surface area (Å²) in [4.78, 5) is 12.6. The minimum absolute atomic E-state index is 0.00553. The molecule has 0 bridgehead atoms. The summed E-state index contributed by atoms with van der Waals surface area (Å²) >= 11 is 0. The van der Waals surface area contributed by atoms with Crippen LogP contribution in [-0.4, -0.2) is 137 Å². The van der Waals surface area contributed by atoms with E-state index >= 15 is 0 Å². The molecule has 0 radical (unpaired) electrons. The fourth-order valence-corrected chi connectivity index (χ4v) is 5.76. The Kier molecular flexibility index (Phi) is 12.3. The summed E-state index contributed by atoms with van der Waals surface area (Å²) in [5, 5.41) is 54.8. The fraction of sp³-hybridized carbons (Fsp3) is 0.885. The Labute approximate surface area is 249 Å². The van der Waals surface area contributed by atoms with Crippen LogP contribution >= 0.6 is 0 Å². The number of hydrogen-bond acceptors (Lipinski definition) is 16. The van der Waals surface area contributed by atoms with E-state index in [4.69, 9.17) is 51.4 Å². The van der Waals surface area contributed by atoms with Crippen molar-refractivity contribution in [3.63, 3.8) is 0 Å². The van der Waals surface area contributed by atoms with Crippen LogP contribution in [0.3, 0.4) is 0 Å². The summed E-state index contributed by atoms with van der Waals surface area (Å²) in [6.45, 7) is 0.327. The van der Waals surface area contributed by atoms with Gasteiger partial charge in [0.2, 0.25) is 6.29 Å². The minimum Gasteiger partial charge on any atom is -0.512 e. The van der Waals surface area contributed by atoms with Crippen LogP contribution in [0.2, 0.25) is 0 Å². The molecule has 4 aliphatic rings. The van der Waals surface area contributed by atoms with Crippen LogP contribution in [0.4, 0.5) is 0 Å². The maximum atomic E-state index is 12.6. The summed E-state index contributed by atoms with van der Waals surface area (Å²) in [5.41, 5.74) is 23.7. The zero-order valence-electron chi connectivity index (χ0n) is 23.9. The van der Waals surface area contributed by atoms with Crippen molar-refractivity contribution in [3.8, 4) is 0 Å². The van der Waals surface area contributed by atoms with E-state index in [1.54, 1.807) is 0 Å². The minimum atomic E-state index is -1.85. The molecule has 0 aromatic rings. The van der Waals surface area contributed by atoms with Crippen LogP contribution in [0.25, 0.3) is 0 Å². The molecule has 4 rings (SSSR count). The van der Waals surface area contributed by atoms with Gasteiger partial charge in [0.05, 0.1) is 18.2 Å². The van der Waals surface area contributed by atoms with Crippen molar-refractivity contribution in [3.05, 3.63) is 12.0 Å². The Hall–Kier alpha value is -1.71. The number of carbonyl (C=O) groups is 1. The maximum absolute atomic E-state index is 12.6. The van der Waals surface area contributed by atoms with Crippen molar-refractivity contribution < 1.29 is 58.7 Å². The van der Waals surface area contributed by atoms with E-state index in [-0.39, 0.29) is 24.8 Å². The Morgan fingerprint density at radius 3 is 2.44 bits per heavy atom. The smallest absolute Gasteiger partial charge is 0.251 e. The molecule has 17 nitrogen and oxygen atoms in total. The van der Waals surface area contributed by atoms with E-state index in [9.17, 15) is 30.3 Å². The molecule has 1 aliphatic carbocycles. The Morgan fingerprint density at radius 1 is 1.00 bits per heavy atom. The van der Waals surface area contributed by atoms with Gasteiger partial charge in [0.25, 0.3) is 5.91 Å². The van der Waals surface area contributed by atoms with Crippen LogP contribution in [0, 0.1) is 0 Å². The molecule has 3 heterocycles. The lowest BCUT2D eigenvalue weighted by Crippen LogP contribution is -2.66. The number of aliphatic hydroxyl groups excluding tert-OH is 5. The van der Waals surface area contributed by atoms with Crippen molar-refractivity contribution in [2.45, 2.75) is 124 Å². The number of carbonyl (C=O) groups excluding carboxylic acids is 1. The molecule has 1 unspecified atom stereocenters. The number of hydrogen-bond donors (Lipinski definition) is 10. The first-order valence-electron chi connectivity index (χ1n) is 14.8. The van der Waals surface area contributed by atoms with Gasteiger partial charge in [-0.2, -0.15) is 0 Å². The predicted octanol–water partition coefficient (Wildman–Crippen LogP) is -4.17. The molecule has 4 fully saturated rings. The van der Waals surface area contributed by atoms with E-state index in [1.807, 2.05) is 0 Å². The molecule has 0 aromatic heterocycles. The normalized spacial score (nSPS) is 42.7. The van der Waals surface area contributed by atoms with Crippen LogP contribution in [0.15, 0.2) is 12.0 Å². The SMILES string of the molecule is NC[C@@H]1CCC[C@@H](O[C@@H]2C(N)C[C@@H](NC(=O)[C@H](O)[C@H](O)CN)[C@H](O)[C@H]2O[C@@H]2O/C(=C\O)[C@@H](O[C@H]3OCCC[C@H]3N)[C@H]2O)O1. The summed E-state index contributed by atoms with van der Waals surface area (Å²) in [6, 6.07) is -2.38. The highest BCUT2D eigenvalue weighted by Gasteiger charge is 2.52. The first-order valence-corrected chi connectivity index (χ1v) is 14.8. The Bertz CT molecular complexity index is 935. The predicted molar refractivity (Wildman–Crippen MR) is 146 cm³/mol. The lowest BCUT2D eigenvalue weighted by Gasteiger charge is -2.46. The summed E-state index contributed by atoms with van der Waals surface area (Å²) in [7, 11) is 0. The molecule has 14 atom stereocenters. The van der Waals surface area contributed by atoms with Gasteiger partial charge < -0.3 is 82.2 Å². The summed E-state index contributed by atoms with van der Waals surface area (Å²) in [6.07, 6.45) is -9.17. The van der Waals surface area contributed by atoms with Gasteiger partial charge >= 0.3 is 0 Å². The summed E-state index contributed by atoms with van der Waals surface area (Å²) < 4.78 is 35.3. The number of nitrogens with two attached hydrogens (primary N) is 4. The monoisotopic (exact) mass is 621 g/mol. The van der Waals surface area contributed by atoms with Crippen molar-refractivity contribution in [1.29, 1.82) is 0 Å². The van der Waals surface area contributed by atoms with Crippen molar-refractivity contribution in [2.24, 2.45) is 22.9 Å². The average molecular weight is 622 g/mol. The van der Waals surface area contributed by atoms with Crippen molar-refractivity contribution in [1.82, 2.24) is 5.32 Å². The molecule has 43 heavy (non-hydrogen) atoms. The summed E-state index contributed by atoms with van der Waals surface area (Å²) in [5.74, 6) is -1.13. The van der Waals surface area contributed by atoms with Crippen molar-refractivity contribution >= 4 is 5.91 Å². The zero-order valence-corrected chi connectivity index (χ0v) is 23.9. The van der Waals surface area contributed by atoms with Crippen molar-refractivity contribution in [2.75, 3.05) is 19.7 Å². The van der Waals surface area contributed by atoms with E-state index in [0.717, 1.165) is 19.3 Å². The highest BCUT2D eigenvalue weighted by Crippen LogP contribution is 2.35. The second-order valence-corrected chi connectivity index (χ2v) is 11.4. The fourth-order valence-electron chi connectivity index (χ4n) is 5.76. The molecular formula is C26H47N5O12. The van der Waals surface area contributed by atoms with Gasteiger partial charge in [0, 0.05) is 25.7 Å². The molecule has 1 saturated carbocycles. The number of aliphatic hydroxyl groups is 5. The molecule has 3 saturated heterocycles. The third-order valence-corrected chi connectivity index (χ3v) is 8.24. The number of rotatable bonds is 11. The third kappa shape index (κ3) is 8.12. The molecular weight excluding hydrogens is 574 g/mol. The molecule has 0 spiro atoms. The van der Waals surface area contributed by atoms with Crippen LogP contribution in [-0.2, 0) is 33.2 Å². The van der Waals surface area contributed by atoms with E-state index in [2.05, 4.69) is 5.32 Å². The second-order valence-electron chi connectivity index (χ2n) is 11.4. The maximum Gasteiger partial charge on any atom is 0.251 e. The third-order valence-electron chi connectivity index (χ3n) is 8.24. The zero-order chi connectivity index (χ0) is 31.3. The lowest BCUT2D eigenvalue weighted by atomic mass is 9.83. The van der Waals surface area contributed by atoms with Gasteiger partial charge in [-0.15, -0.1) is 0 Å². The first-order chi connectivity index (χ1) is 20.6. The Morgan fingerprint density at radius 2 is 1.77 bits per heavy atom. The second kappa shape index (κ2) is 15.5. The molecule has 14 N–H and O–H groups in total. The molecule has 3 aliphatic heterocycles. The van der Waals surface area contributed by atoms with Gasteiger partial charge in [0.1, 0.15) is 36.8 Å². The van der Waals surface area contributed by atoms with E-state index in [0.29, 0.717) is 32.3 Å². The van der Waals surface area contributed by atoms with Gasteiger partial charge in [-0.05, 0) is 38.5 Å². The average Bonchev–Trinajstić information content (AvgIpc) is 3.31. The number of nitrogens with one attached hydrogen (secondary N) is 1. The number of ether oxygens (including phenoxy) is 6. The molecule has 1 amide bonds. The van der Waals surface area contributed by atoms with E-state index in [1.165, 1.54) is 0 Å².